The summed E-state index contributed by atoms with van der Waals surface area (Å²) in [5.74, 6) is 0.611. The molecule has 126 valence electrons. The van der Waals surface area contributed by atoms with E-state index in [2.05, 4.69) is 10.3 Å². The lowest BCUT2D eigenvalue weighted by atomic mass is 10.2. The maximum atomic E-state index is 12.3. The van der Waals surface area contributed by atoms with Crippen LogP contribution in [0.1, 0.15) is 5.69 Å². The molecule has 8 heteroatoms. The molecule has 7 nitrogen and oxygen atoms in total. The molecule has 1 N–H and O–H groups in total. The summed E-state index contributed by atoms with van der Waals surface area (Å²) in [6.45, 7) is 0.231. The highest BCUT2D eigenvalue weighted by atomic mass is 35.5. The molecule has 4 rings (SSSR count). The Bertz CT molecular complexity index is 939. The highest BCUT2D eigenvalue weighted by Gasteiger charge is 2.26. The highest BCUT2D eigenvalue weighted by Crippen LogP contribution is 2.35. The van der Waals surface area contributed by atoms with E-state index in [4.69, 9.17) is 16.3 Å². The van der Waals surface area contributed by atoms with Crippen LogP contribution in [0.25, 0.3) is 5.69 Å². The van der Waals surface area contributed by atoms with E-state index in [1.54, 1.807) is 58.2 Å². The monoisotopic (exact) mass is 356 g/mol. The van der Waals surface area contributed by atoms with Crippen molar-refractivity contribution in [3.8, 4) is 17.2 Å². The molecule has 0 aliphatic carbocycles. The van der Waals surface area contributed by atoms with Crippen molar-refractivity contribution in [2.75, 3.05) is 11.5 Å². The van der Waals surface area contributed by atoms with E-state index in [-0.39, 0.29) is 24.8 Å². The first kappa shape index (κ1) is 15.5. The average Bonchev–Trinajstić information content (AvgIpc) is 3.07. The number of rotatable bonds is 3. The minimum absolute atomic E-state index is 0.0271. The van der Waals surface area contributed by atoms with Crippen LogP contribution in [-0.4, -0.2) is 32.6 Å². The molecule has 2 aromatic carbocycles. The number of carbonyl (C=O) groups excluding carboxylic acids is 1. The normalized spacial score (nSPS) is 13.5. The number of carbonyl (C=O) groups is 1. The molecular weight excluding hydrogens is 344 g/mol. The van der Waals surface area contributed by atoms with Gasteiger partial charge in [0.2, 0.25) is 0 Å². The van der Waals surface area contributed by atoms with E-state index in [9.17, 15) is 9.90 Å². The third-order valence-corrected chi connectivity index (χ3v) is 4.07. The Balaban J connectivity index is 1.62. The predicted molar refractivity (Wildman–Crippen MR) is 91.2 cm³/mol. The van der Waals surface area contributed by atoms with Gasteiger partial charge in [-0.2, -0.15) is 0 Å². The van der Waals surface area contributed by atoms with Crippen LogP contribution >= 0.6 is 11.6 Å². The van der Waals surface area contributed by atoms with Gasteiger partial charge < -0.3 is 9.84 Å². The smallest absolute Gasteiger partial charge is 0.265 e. The minimum atomic E-state index is -0.172. The van der Waals surface area contributed by atoms with Crippen LogP contribution in [0.4, 0.5) is 5.69 Å². The van der Waals surface area contributed by atoms with E-state index in [1.807, 2.05) is 0 Å². The standard InChI is InChI=1S/C17H13ClN4O3/c18-11-1-6-16-15(7-11)21(17(24)10-25-16)8-12-9-22(20-19-12)13-2-4-14(23)5-3-13/h1-7,9,23H,8,10H2. The van der Waals surface area contributed by atoms with Crippen LogP contribution in [-0.2, 0) is 11.3 Å². The third-order valence-electron chi connectivity index (χ3n) is 3.84. The van der Waals surface area contributed by atoms with Crippen molar-refractivity contribution >= 4 is 23.2 Å². The zero-order valence-electron chi connectivity index (χ0n) is 13.0. The molecule has 1 aliphatic heterocycles. The number of halogens is 1. The fourth-order valence-corrected chi connectivity index (χ4v) is 2.78. The Kier molecular flexibility index (Phi) is 3.77. The van der Waals surface area contributed by atoms with E-state index < -0.39 is 0 Å². The van der Waals surface area contributed by atoms with E-state index in [0.717, 1.165) is 5.69 Å². The van der Waals surface area contributed by atoms with Gasteiger partial charge in [-0.3, -0.25) is 9.69 Å². The first-order chi connectivity index (χ1) is 12.1. The number of phenols is 1. The first-order valence-corrected chi connectivity index (χ1v) is 7.91. The van der Waals surface area contributed by atoms with Crippen LogP contribution in [0.15, 0.2) is 48.7 Å². The molecule has 2 heterocycles. The molecule has 0 radical (unpaired) electrons. The molecule has 1 amide bonds. The van der Waals surface area contributed by atoms with Gasteiger partial charge in [0.25, 0.3) is 5.91 Å². The van der Waals surface area contributed by atoms with Gasteiger partial charge in [-0.1, -0.05) is 16.8 Å². The summed E-state index contributed by atoms with van der Waals surface area (Å²) in [6, 6.07) is 11.7. The summed E-state index contributed by atoms with van der Waals surface area (Å²) in [5, 5.41) is 18.1. The number of aromatic nitrogens is 3. The van der Waals surface area contributed by atoms with Crippen LogP contribution in [0, 0.1) is 0 Å². The first-order valence-electron chi connectivity index (χ1n) is 7.53. The molecule has 0 unspecified atom stereocenters. The predicted octanol–water partition coefficient (Wildman–Crippen LogP) is 2.55. The summed E-state index contributed by atoms with van der Waals surface area (Å²) in [5.41, 5.74) is 1.99. The van der Waals surface area contributed by atoms with Crippen molar-refractivity contribution in [3.63, 3.8) is 0 Å². The second-order valence-corrected chi connectivity index (χ2v) is 5.99. The summed E-state index contributed by atoms with van der Waals surface area (Å²) in [4.78, 5) is 13.8. The van der Waals surface area contributed by atoms with Gasteiger partial charge in [0, 0.05) is 5.02 Å². The summed E-state index contributed by atoms with van der Waals surface area (Å²) in [7, 11) is 0. The summed E-state index contributed by atoms with van der Waals surface area (Å²) >= 11 is 6.04. The van der Waals surface area contributed by atoms with Crippen molar-refractivity contribution in [1.29, 1.82) is 0 Å². The summed E-state index contributed by atoms with van der Waals surface area (Å²) in [6.07, 6.45) is 1.74. The highest BCUT2D eigenvalue weighted by molar-refractivity contribution is 6.31. The van der Waals surface area contributed by atoms with Crippen LogP contribution in [0.5, 0.6) is 11.5 Å². The molecule has 1 aromatic heterocycles. The van der Waals surface area contributed by atoms with Crippen molar-refractivity contribution in [3.05, 3.63) is 59.4 Å². The molecule has 1 aliphatic rings. The Hall–Kier alpha value is -3.06. The van der Waals surface area contributed by atoms with Gasteiger partial charge in [-0.25, -0.2) is 4.68 Å². The molecule has 0 atom stereocenters. The zero-order valence-corrected chi connectivity index (χ0v) is 13.7. The van der Waals surface area contributed by atoms with Gasteiger partial charge in [-0.15, -0.1) is 5.10 Å². The molecule has 0 spiro atoms. The van der Waals surface area contributed by atoms with Crippen LogP contribution < -0.4 is 9.64 Å². The number of ether oxygens (including phenoxy) is 1. The van der Waals surface area contributed by atoms with Gasteiger partial charge in [0.05, 0.1) is 24.1 Å². The number of phenolic OH excluding ortho intramolecular Hbond substituents is 1. The molecule has 0 saturated heterocycles. The van der Waals surface area contributed by atoms with Crippen molar-refractivity contribution in [2.45, 2.75) is 6.54 Å². The number of hydrogen-bond acceptors (Lipinski definition) is 5. The quantitative estimate of drug-likeness (QED) is 0.780. The zero-order chi connectivity index (χ0) is 17.4. The van der Waals surface area contributed by atoms with Crippen molar-refractivity contribution in [1.82, 2.24) is 15.0 Å². The lowest BCUT2D eigenvalue weighted by molar-refractivity contribution is -0.121. The molecule has 0 fully saturated rings. The number of fused-ring (bicyclic) bond motifs is 1. The minimum Gasteiger partial charge on any atom is -0.508 e. The summed E-state index contributed by atoms with van der Waals surface area (Å²) < 4.78 is 7.01. The van der Waals surface area contributed by atoms with Gasteiger partial charge >= 0.3 is 0 Å². The second kappa shape index (κ2) is 6.10. The van der Waals surface area contributed by atoms with Crippen molar-refractivity contribution < 1.29 is 14.6 Å². The van der Waals surface area contributed by atoms with E-state index in [1.165, 1.54) is 0 Å². The Morgan fingerprint density at radius 2 is 2.00 bits per heavy atom. The lowest BCUT2D eigenvalue weighted by Gasteiger charge is -2.28. The lowest BCUT2D eigenvalue weighted by Crippen LogP contribution is -2.38. The largest absolute Gasteiger partial charge is 0.508 e. The van der Waals surface area contributed by atoms with Gasteiger partial charge in [-0.05, 0) is 42.5 Å². The number of amides is 1. The number of hydrogen-bond donors (Lipinski definition) is 1. The number of nitrogens with zero attached hydrogens (tertiary/aromatic N) is 4. The molecule has 3 aromatic rings. The number of anilines is 1. The fraction of sp³-hybridized carbons (Fsp3) is 0.118. The Morgan fingerprint density at radius 1 is 1.20 bits per heavy atom. The third kappa shape index (κ3) is 3.01. The van der Waals surface area contributed by atoms with Gasteiger partial charge in [0.15, 0.2) is 6.61 Å². The van der Waals surface area contributed by atoms with E-state index in [0.29, 0.717) is 22.2 Å². The topological polar surface area (TPSA) is 80.5 Å². The Labute approximate surface area is 148 Å². The molecule has 0 saturated carbocycles. The fourth-order valence-electron chi connectivity index (χ4n) is 2.61. The van der Waals surface area contributed by atoms with Crippen LogP contribution in [0.3, 0.4) is 0 Å². The SMILES string of the molecule is O=C1COc2ccc(Cl)cc2N1Cc1cn(-c2ccc(O)cc2)nn1. The molecule has 25 heavy (non-hydrogen) atoms. The Morgan fingerprint density at radius 3 is 2.80 bits per heavy atom. The van der Waals surface area contributed by atoms with Gasteiger partial charge in [0.1, 0.15) is 17.2 Å². The van der Waals surface area contributed by atoms with E-state index >= 15 is 0 Å². The average molecular weight is 357 g/mol. The number of benzene rings is 2. The maximum Gasteiger partial charge on any atom is 0.265 e. The number of aromatic hydroxyl groups is 1. The van der Waals surface area contributed by atoms with Crippen LogP contribution in [0.2, 0.25) is 5.02 Å². The van der Waals surface area contributed by atoms with Crippen molar-refractivity contribution in [2.24, 2.45) is 0 Å². The maximum absolute atomic E-state index is 12.3. The second-order valence-electron chi connectivity index (χ2n) is 5.55. The molecular formula is C17H13ClN4O3. The molecule has 0 bridgehead atoms.